The van der Waals surface area contributed by atoms with E-state index in [9.17, 15) is 4.79 Å². The lowest BCUT2D eigenvalue weighted by atomic mass is 10.1. The van der Waals surface area contributed by atoms with Crippen molar-refractivity contribution in [2.45, 2.75) is 38.9 Å². The summed E-state index contributed by atoms with van der Waals surface area (Å²) in [5.41, 5.74) is 2.14. The van der Waals surface area contributed by atoms with Gasteiger partial charge in [-0.3, -0.25) is 14.0 Å². The first-order valence-electron chi connectivity index (χ1n) is 12.8. The van der Waals surface area contributed by atoms with Crippen molar-refractivity contribution in [1.29, 1.82) is 0 Å². The minimum atomic E-state index is -2.05. The van der Waals surface area contributed by atoms with Crippen LogP contribution in [0.1, 0.15) is 20.8 Å². The predicted octanol–water partition coefficient (Wildman–Crippen LogP) is 6.60. The largest absolute Gasteiger partial charge is 0.495 e. The van der Waals surface area contributed by atoms with Gasteiger partial charge in [-0.25, -0.2) is 4.98 Å². The summed E-state index contributed by atoms with van der Waals surface area (Å²) in [5, 5.41) is 5.29. The first kappa shape index (κ1) is 29.9. The highest BCUT2D eigenvalue weighted by Gasteiger charge is 2.37. The van der Waals surface area contributed by atoms with E-state index in [0.29, 0.717) is 62.7 Å². The van der Waals surface area contributed by atoms with E-state index in [0.717, 1.165) is 0 Å². The highest BCUT2D eigenvalue weighted by Crippen LogP contribution is 2.48. The predicted molar refractivity (Wildman–Crippen MR) is 164 cm³/mol. The van der Waals surface area contributed by atoms with Crippen molar-refractivity contribution in [2.75, 3.05) is 32.3 Å². The van der Waals surface area contributed by atoms with Crippen LogP contribution in [0.2, 0.25) is 28.2 Å². The molecule has 0 saturated heterocycles. The molecular weight excluding hydrogens is 569 g/mol. The minimum absolute atomic E-state index is 0.0400. The van der Waals surface area contributed by atoms with Gasteiger partial charge in [0.25, 0.3) is 5.56 Å². The first-order chi connectivity index (χ1) is 18.8. The number of aryl methyl sites for hydroxylation is 1. The zero-order valence-electron chi connectivity index (χ0n) is 24.1. The molecule has 40 heavy (non-hydrogen) atoms. The van der Waals surface area contributed by atoms with Gasteiger partial charge in [0.05, 0.1) is 49.3 Å². The monoisotopic (exact) mass is 603 g/mol. The molecule has 214 valence electrons. The molecule has 0 aliphatic rings. The maximum Gasteiger partial charge on any atom is 0.265 e. The fourth-order valence-electron chi connectivity index (χ4n) is 4.08. The summed E-state index contributed by atoms with van der Waals surface area (Å²) in [4.78, 5) is 20.0. The van der Waals surface area contributed by atoms with E-state index >= 15 is 0 Å². The number of rotatable bonds is 9. The van der Waals surface area contributed by atoms with Crippen molar-refractivity contribution in [3.05, 3.63) is 63.4 Å². The molecular formula is C28H35Cl2N5O4Si. The lowest BCUT2D eigenvalue weighted by Crippen LogP contribution is -2.42. The highest BCUT2D eigenvalue weighted by molar-refractivity contribution is 6.74. The van der Waals surface area contributed by atoms with Crippen LogP contribution in [0.3, 0.4) is 0 Å². The number of hydrogen-bond acceptors (Lipinski definition) is 7. The topological polar surface area (TPSA) is 83.6 Å². The van der Waals surface area contributed by atoms with Crippen molar-refractivity contribution in [3.63, 3.8) is 0 Å². The Morgan fingerprint density at radius 3 is 2.25 bits per heavy atom. The fraction of sp³-hybridized carbons (Fsp3) is 0.393. The number of ether oxygens (including phenoxy) is 2. The van der Waals surface area contributed by atoms with Crippen molar-refractivity contribution in [1.82, 2.24) is 19.3 Å². The summed E-state index contributed by atoms with van der Waals surface area (Å²) >= 11 is 13.7. The Kier molecular flexibility index (Phi) is 8.56. The fourth-order valence-corrected chi connectivity index (χ4v) is 5.82. The average Bonchev–Trinajstić information content (AvgIpc) is 3.33. The summed E-state index contributed by atoms with van der Waals surface area (Å²) in [6.45, 7) is 11.8. The van der Waals surface area contributed by atoms with Crippen LogP contribution in [0.15, 0.2) is 47.8 Å². The van der Waals surface area contributed by atoms with Gasteiger partial charge in [-0.2, -0.15) is 5.10 Å². The second kappa shape index (κ2) is 11.4. The van der Waals surface area contributed by atoms with Gasteiger partial charge in [0.2, 0.25) is 0 Å². The molecule has 2 aromatic carbocycles. The van der Waals surface area contributed by atoms with Crippen LogP contribution in [0.5, 0.6) is 11.5 Å². The molecule has 0 bridgehead atoms. The number of benzene rings is 2. The molecule has 9 nitrogen and oxygen atoms in total. The second-order valence-corrected chi connectivity index (χ2v) is 16.6. The van der Waals surface area contributed by atoms with Crippen molar-refractivity contribution < 1.29 is 13.9 Å². The quantitative estimate of drug-likeness (QED) is 0.199. The molecule has 0 N–H and O–H groups in total. The lowest BCUT2D eigenvalue weighted by Gasteiger charge is -2.37. The van der Waals surface area contributed by atoms with Crippen LogP contribution < -0.4 is 19.9 Å². The Balaban J connectivity index is 1.87. The van der Waals surface area contributed by atoms with Gasteiger partial charge in [0.15, 0.2) is 8.32 Å². The molecule has 0 aliphatic heterocycles. The lowest BCUT2D eigenvalue weighted by molar-refractivity contribution is 0.297. The SMILES string of the molecule is COc1cc(OC)c(Cl)c(N(CCO[Si](C)(C)C(C)(C)C)c2ccc3ncn(-c4cnn(C)c4)c(=O)c3c2)c1Cl. The Hall–Kier alpha value is -3.05. The van der Waals surface area contributed by atoms with Crippen LogP contribution in [0.4, 0.5) is 11.4 Å². The summed E-state index contributed by atoms with van der Waals surface area (Å²) in [5.74, 6) is 0.823. The zero-order valence-corrected chi connectivity index (χ0v) is 26.6. The van der Waals surface area contributed by atoms with Gasteiger partial charge in [-0.05, 0) is 36.3 Å². The van der Waals surface area contributed by atoms with Crippen LogP contribution in [0.25, 0.3) is 16.6 Å². The average molecular weight is 605 g/mol. The summed E-state index contributed by atoms with van der Waals surface area (Å²) in [6, 6.07) is 7.13. The van der Waals surface area contributed by atoms with Crippen LogP contribution >= 0.6 is 23.2 Å². The molecule has 0 unspecified atom stereocenters. The number of fused-ring (bicyclic) bond motifs is 1. The number of anilines is 2. The number of aromatic nitrogens is 4. The third-order valence-electron chi connectivity index (χ3n) is 7.43. The van der Waals surface area contributed by atoms with E-state index < -0.39 is 8.32 Å². The third kappa shape index (κ3) is 5.71. The van der Waals surface area contributed by atoms with E-state index in [1.807, 2.05) is 11.0 Å². The van der Waals surface area contributed by atoms with Gasteiger partial charge in [0.1, 0.15) is 27.9 Å². The van der Waals surface area contributed by atoms with Crippen LogP contribution in [0, 0.1) is 0 Å². The molecule has 2 aromatic heterocycles. The van der Waals surface area contributed by atoms with Crippen molar-refractivity contribution in [2.24, 2.45) is 7.05 Å². The maximum absolute atomic E-state index is 13.6. The number of methoxy groups -OCH3 is 2. The normalized spacial score (nSPS) is 12.2. The Bertz CT molecular complexity index is 1570. The van der Waals surface area contributed by atoms with Crippen LogP contribution in [-0.4, -0.2) is 55.0 Å². The Morgan fingerprint density at radius 1 is 1.05 bits per heavy atom. The van der Waals surface area contributed by atoms with Crippen molar-refractivity contribution >= 4 is 53.8 Å². The molecule has 4 aromatic rings. The maximum atomic E-state index is 13.6. The smallest absolute Gasteiger partial charge is 0.265 e. The van der Waals surface area contributed by atoms with E-state index in [1.54, 1.807) is 42.3 Å². The summed E-state index contributed by atoms with van der Waals surface area (Å²) in [6.07, 6.45) is 4.88. The third-order valence-corrected chi connectivity index (χ3v) is 12.7. The zero-order chi connectivity index (χ0) is 29.4. The molecule has 2 heterocycles. The molecule has 0 aliphatic carbocycles. The number of halogens is 2. The van der Waals surface area contributed by atoms with Gasteiger partial charge in [-0.15, -0.1) is 0 Å². The Morgan fingerprint density at radius 2 is 1.70 bits per heavy atom. The van der Waals surface area contributed by atoms with E-state index in [-0.39, 0.29) is 10.6 Å². The second-order valence-electron chi connectivity index (χ2n) is 11.0. The summed E-state index contributed by atoms with van der Waals surface area (Å²) < 4.78 is 20.7. The minimum Gasteiger partial charge on any atom is -0.495 e. The highest BCUT2D eigenvalue weighted by atomic mass is 35.5. The standard InChI is InChI=1S/C28H35Cl2N5O4Si/c1-28(2,3)40(7,8)39-12-11-34(26-24(29)22(37-5)14-23(38-6)25(26)30)18-9-10-21-20(13-18)27(36)35(17-31-21)19-15-32-33(4)16-19/h9-10,13-17H,11-12H2,1-8H3. The molecule has 0 saturated carbocycles. The van der Waals surface area contributed by atoms with Gasteiger partial charge in [-0.1, -0.05) is 44.0 Å². The van der Waals surface area contributed by atoms with E-state index in [4.69, 9.17) is 37.1 Å². The first-order valence-corrected chi connectivity index (χ1v) is 16.5. The summed E-state index contributed by atoms with van der Waals surface area (Å²) in [7, 11) is 2.81. The van der Waals surface area contributed by atoms with Crippen molar-refractivity contribution in [3.8, 4) is 17.2 Å². The molecule has 0 spiro atoms. The van der Waals surface area contributed by atoms with E-state index in [1.165, 1.54) is 25.1 Å². The molecule has 0 amide bonds. The molecule has 4 rings (SSSR count). The number of nitrogens with zero attached hydrogens (tertiary/aromatic N) is 5. The molecule has 0 atom stereocenters. The molecule has 0 fully saturated rings. The van der Waals surface area contributed by atoms with Gasteiger partial charge in [0, 0.05) is 31.5 Å². The van der Waals surface area contributed by atoms with Gasteiger partial charge < -0.3 is 18.8 Å². The molecule has 12 heteroatoms. The molecule has 0 radical (unpaired) electrons. The Labute approximate surface area is 245 Å². The van der Waals surface area contributed by atoms with Crippen LogP contribution in [-0.2, 0) is 11.5 Å². The van der Waals surface area contributed by atoms with Gasteiger partial charge >= 0.3 is 0 Å². The number of hydrogen-bond donors (Lipinski definition) is 0. The van der Waals surface area contributed by atoms with E-state index in [2.05, 4.69) is 43.9 Å².